The third-order valence-corrected chi connectivity index (χ3v) is 4.40. The summed E-state index contributed by atoms with van der Waals surface area (Å²) in [4.78, 5) is 14.6. The number of likely N-dealkylation sites (N-methyl/N-ethyl adjacent to an activating group) is 1. The number of carbonyl (C=O) groups is 1. The van der Waals surface area contributed by atoms with E-state index in [0.717, 1.165) is 25.1 Å². The van der Waals surface area contributed by atoms with Crippen molar-refractivity contribution in [3.05, 3.63) is 34.9 Å². The van der Waals surface area contributed by atoms with Gasteiger partial charge >= 0.3 is 0 Å². The van der Waals surface area contributed by atoms with Gasteiger partial charge in [-0.15, -0.1) is 0 Å². The predicted octanol–water partition coefficient (Wildman–Crippen LogP) is 2.62. The topological polar surface area (TPSA) is 20.3 Å². The van der Waals surface area contributed by atoms with Crippen LogP contribution >= 0.6 is 0 Å². The molecule has 1 aliphatic heterocycles. The first-order valence-electron chi connectivity index (χ1n) is 6.48. The SMILES string of the molecule is Cc1cccc2c1[C@@H]1CN(C)CC[C@@H]1CC2=O. The Morgan fingerprint density at radius 3 is 3.00 bits per heavy atom. The van der Waals surface area contributed by atoms with E-state index in [1.165, 1.54) is 17.5 Å². The number of fused-ring (bicyclic) bond motifs is 3. The molecule has 2 heteroatoms. The number of likely N-dealkylation sites (tertiary alicyclic amines) is 1. The molecule has 2 nitrogen and oxygen atoms in total. The maximum absolute atomic E-state index is 12.2. The van der Waals surface area contributed by atoms with Crippen LogP contribution in [-0.4, -0.2) is 30.8 Å². The zero-order valence-corrected chi connectivity index (χ0v) is 10.6. The molecular formula is C15H19NO. The second-order valence-corrected chi connectivity index (χ2v) is 5.58. The molecule has 2 atom stereocenters. The van der Waals surface area contributed by atoms with Gasteiger partial charge in [-0.3, -0.25) is 4.79 Å². The Morgan fingerprint density at radius 2 is 2.18 bits per heavy atom. The molecule has 1 aliphatic carbocycles. The van der Waals surface area contributed by atoms with Crippen molar-refractivity contribution in [2.24, 2.45) is 5.92 Å². The molecule has 0 N–H and O–H groups in total. The summed E-state index contributed by atoms with van der Waals surface area (Å²) >= 11 is 0. The average molecular weight is 229 g/mol. The third kappa shape index (κ3) is 1.71. The van der Waals surface area contributed by atoms with Gasteiger partial charge in [0.1, 0.15) is 0 Å². The Hall–Kier alpha value is -1.15. The summed E-state index contributed by atoms with van der Waals surface area (Å²) in [7, 11) is 2.19. The number of aryl methyl sites for hydroxylation is 1. The lowest BCUT2D eigenvalue weighted by Crippen LogP contribution is -2.40. The Balaban J connectivity index is 2.10. The zero-order valence-electron chi connectivity index (χ0n) is 10.6. The first-order chi connectivity index (χ1) is 8.16. The lowest BCUT2D eigenvalue weighted by atomic mass is 9.70. The molecular weight excluding hydrogens is 210 g/mol. The summed E-state index contributed by atoms with van der Waals surface area (Å²) in [6.45, 7) is 4.38. The minimum Gasteiger partial charge on any atom is -0.306 e. The molecule has 1 fully saturated rings. The molecule has 17 heavy (non-hydrogen) atoms. The van der Waals surface area contributed by atoms with Gasteiger partial charge in [-0.1, -0.05) is 18.2 Å². The average Bonchev–Trinajstić information content (AvgIpc) is 2.30. The molecule has 0 bridgehead atoms. The van der Waals surface area contributed by atoms with Crippen molar-refractivity contribution in [2.45, 2.75) is 25.7 Å². The summed E-state index contributed by atoms with van der Waals surface area (Å²) in [6, 6.07) is 6.16. The van der Waals surface area contributed by atoms with E-state index in [2.05, 4.69) is 24.9 Å². The highest BCUT2D eigenvalue weighted by Gasteiger charge is 2.37. The normalized spacial score (nSPS) is 28.7. The van der Waals surface area contributed by atoms with Gasteiger partial charge in [0, 0.05) is 24.4 Å². The van der Waals surface area contributed by atoms with Crippen molar-refractivity contribution >= 4 is 5.78 Å². The molecule has 0 aromatic heterocycles. The van der Waals surface area contributed by atoms with Crippen molar-refractivity contribution in [3.8, 4) is 0 Å². The van der Waals surface area contributed by atoms with Crippen LogP contribution in [0, 0.1) is 12.8 Å². The van der Waals surface area contributed by atoms with Crippen molar-refractivity contribution in [2.75, 3.05) is 20.1 Å². The van der Waals surface area contributed by atoms with Crippen LogP contribution in [0.4, 0.5) is 0 Å². The standard InChI is InChI=1S/C15H19NO/c1-10-4-3-5-12-14(17)8-11-6-7-16(2)9-13(11)15(10)12/h3-5,11,13H,6-9H2,1-2H3/t11-,13-/m1/s1. The first-order valence-corrected chi connectivity index (χ1v) is 6.48. The van der Waals surface area contributed by atoms with E-state index in [-0.39, 0.29) is 0 Å². The fourth-order valence-corrected chi connectivity index (χ4v) is 3.50. The van der Waals surface area contributed by atoms with E-state index >= 15 is 0 Å². The van der Waals surface area contributed by atoms with Crippen LogP contribution in [0.15, 0.2) is 18.2 Å². The molecule has 0 spiro atoms. The lowest BCUT2D eigenvalue weighted by molar-refractivity contribution is 0.0886. The molecule has 1 heterocycles. The van der Waals surface area contributed by atoms with Crippen LogP contribution in [0.3, 0.4) is 0 Å². The monoisotopic (exact) mass is 229 g/mol. The number of hydrogen-bond donors (Lipinski definition) is 0. The Kier molecular flexibility index (Phi) is 2.55. The van der Waals surface area contributed by atoms with Crippen LogP contribution in [0.5, 0.6) is 0 Å². The number of rotatable bonds is 0. The highest BCUT2D eigenvalue weighted by Crippen LogP contribution is 2.42. The molecule has 1 aromatic carbocycles. The molecule has 0 unspecified atom stereocenters. The molecule has 3 rings (SSSR count). The minimum absolute atomic E-state index is 0.356. The summed E-state index contributed by atoms with van der Waals surface area (Å²) < 4.78 is 0. The van der Waals surface area contributed by atoms with Gasteiger partial charge in [-0.25, -0.2) is 0 Å². The first kappa shape index (κ1) is 11.0. The highest BCUT2D eigenvalue weighted by atomic mass is 16.1. The van der Waals surface area contributed by atoms with Gasteiger partial charge in [0.05, 0.1) is 0 Å². The maximum atomic E-state index is 12.2. The van der Waals surface area contributed by atoms with E-state index in [4.69, 9.17) is 0 Å². The van der Waals surface area contributed by atoms with Crippen LogP contribution in [0.1, 0.15) is 40.2 Å². The number of hydrogen-bond acceptors (Lipinski definition) is 2. The fourth-order valence-electron chi connectivity index (χ4n) is 3.50. The molecule has 0 amide bonds. The Morgan fingerprint density at radius 1 is 1.35 bits per heavy atom. The van der Waals surface area contributed by atoms with Crippen LogP contribution in [0.25, 0.3) is 0 Å². The maximum Gasteiger partial charge on any atom is 0.163 e. The largest absolute Gasteiger partial charge is 0.306 e. The minimum atomic E-state index is 0.356. The second kappa shape index (κ2) is 3.95. The van der Waals surface area contributed by atoms with Crippen molar-refractivity contribution in [3.63, 3.8) is 0 Å². The Bertz CT molecular complexity index is 466. The number of Topliss-reactive ketones (excluding diaryl/α,β-unsaturated/α-hetero) is 1. The number of nitrogens with zero attached hydrogens (tertiary/aromatic N) is 1. The van der Waals surface area contributed by atoms with Crippen molar-refractivity contribution < 1.29 is 4.79 Å². The third-order valence-electron chi connectivity index (χ3n) is 4.40. The van der Waals surface area contributed by atoms with E-state index in [0.29, 0.717) is 17.6 Å². The molecule has 0 radical (unpaired) electrons. The molecule has 2 aliphatic rings. The van der Waals surface area contributed by atoms with Gasteiger partial charge < -0.3 is 4.90 Å². The van der Waals surface area contributed by atoms with Gasteiger partial charge in [0.2, 0.25) is 0 Å². The lowest BCUT2D eigenvalue weighted by Gasteiger charge is -2.41. The van der Waals surface area contributed by atoms with Crippen LogP contribution in [-0.2, 0) is 0 Å². The number of ketones is 1. The smallest absolute Gasteiger partial charge is 0.163 e. The van der Waals surface area contributed by atoms with Crippen LogP contribution < -0.4 is 0 Å². The summed E-state index contributed by atoms with van der Waals surface area (Å²) in [5, 5.41) is 0. The van der Waals surface area contributed by atoms with Crippen LogP contribution in [0.2, 0.25) is 0 Å². The summed E-state index contributed by atoms with van der Waals surface area (Å²) in [6.07, 6.45) is 1.93. The zero-order chi connectivity index (χ0) is 12.0. The summed E-state index contributed by atoms with van der Waals surface area (Å²) in [5.41, 5.74) is 3.61. The number of benzene rings is 1. The second-order valence-electron chi connectivity index (χ2n) is 5.58. The van der Waals surface area contributed by atoms with Gasteiger partial charge in [-0.05, 0) is 44.0 Å². The molecule has 1 saturated heterocycles. The fraction of sp³-hybridized carbons (Fsp3) is 0.533. The van der Waals surface area contributed by atoms with Gasteiger partial charge in [0.25, 0.3) is 0 Å². The van der Waals surface area contributed by atoms with Gasteiger partial charge in [-0.2, -0.15) is 0 Å². The summed E-state index contributed by atoms with van der Waals surface area (Å²) in [5.74, 6) is 1.50. The van der Waals surface area contributed by atoms with E-state index in [9.17, 15) is 4.79 Å². The van der Waals surface area contributed by atoms with Crippen molar-refractivity contribution in [1.29, 1.82) is 0 Å². The van der Waals surface area contributed by atoms with E-state index in [1.807, 2.05) is 12.1 Å². The molecule has 0 saturated carbocycles. The van der Waals surface area contributed by atoms with Gasteiger partial charge in [0.15, 0.2) is 5.78 Å². The van der Waals surface area contributed by atoms with Crippen molar-refractivity contribution in [1.82, 2.24) is 4.90 Å². The van der Waals surface area contributed by atoms with E-state index < -0.39 is 0 Å². The number of piperidine rings is 1. The van der Waals surface area contributed by atoms with E-state index in [1.54, 1.807) is 0 Å². The Labute approximate surface area is 103 Å². The highest BCUT2D eigenvalue weighted by molar-refractivity contribution is 5.99. The quantitative estimate of drug-likeness (QED) is 0.681. The predicted molar refractivity (Wildman–Crippen MR) is 68.5 cm³/mol. The molecule has 1 aromatic rings. The molecule has 90 valence electrons. The number of carbonyl (C=O) groups excluding carboxylic acids is 1.